The van der Waals surface area contributed by atoms with Crippen molar-refractivity contribution in [3.8, 4) is 0 Å². The number of benzene rings is 2. The molecule has 36 heavy (non-hydrogen) atoms. The van der Waals surface area contributed by atoms with Crippen molar-refractivity contribution in [3.63, 3.8) is 0 Å². The molecule has 3 aromatic rings. The molecule has 1 aromatic heterocycles. The molecule has 1 amide bonds. The lowest BCUT2D eigenvalue weighted by atomic mass is 9.93. The van der Waals surface area contributed by atoms with E-state index >= 15 is 0 Å². The van der Waals surface area contributed by atoms with Crippen LogP contribution in [0.5, 0.6) is 0 Å². The van der Waals surface area contributed by atoms with E-state index in [-0.39, 0.29) is 21.3 Å². The summed E-state index contributed by atoms with van der Waals surface area (Å²) in [5.74, 6) is -2.47. The predicted octanol–water partition coefficient (Wildman–Crippen LogP) is 4.55. The molecule has 4 rings (SSSR count). The number of aliphatic hydroxyl groups excluding tert-OH is 1. The number of hydrogen-bond acceptors (Lipinski definition) is 8. The van der Waals surface area contributed by atoms with Gasteiger partial charge in [-0.05, 0) is 50.1 Å². The van der Waals surface area contributed by atoms with Crippen LogP contribution in [-0.2, 0) is 14.3 Å². The van der Waals surface area contributed by atoms with E-state index in [1.807, 2.05) is 69.2 Å². The van der Waals surface area contributed by atoms with Crippen molar-refractivity contribution in [2.75, 3.05) is 31.0 Å². The van der Waals surface area contributed by atoms with Gasteiger partial charge >= 0.3 is 11.9 Å². The highest BCUT2D eigenvalue weighted by Gasteiger charge is 2.48. The zero-order valence-electron chi connectivity index (χ0n) is 20.9. The third-order valence-corrected chi connectivity index (χ3v) is 7.32. The summed E-state index contributed by atoms with van der Waals surface area (Å²) in [6, 6.07) is 12.0. The van der Waals surface area contributed by atoms with Gasteiger partial charge in [0.15, 0.2) is 5.13 Å². The molecule has 1 unspecified atom stereocenters. The number of aliphatic hydroxyl groups is 1. The number of Topliss-reactive ketones (excluding diaryl/α,β-unsaturated/α-hetero) is 1. The van der Waals surface area contributed by atoms with E-state index < -0.39 is 23.7 Å². The number of aromatic nitrogens is 1. The van der Waals surface area contributed by atoms with Gasteiger partial charge in [-0.2, -0.15) is 0 Å². The van der Waals surface area contributed by atoms with E-state index in [1.54, 1.807) is 13.0 Å². The number of methoxy groups -OCH3 is 1. The molecule has 1 saturated heterocycles. The van der Waals surface area contributed by atoms with Crippen LogP contribution in [0.25, 0.3) is 5.76 Å². The molecule has 2 heterocycles. The lowest BCUT2D eigenvalue weighted by molar-refractivity contribution is -0.132. The number of carbonyl (C=O) groups excluding carboxylic acids is 3. The van der Waals surface area contributed by atoms with Crippen LogP contribution in [0, 0.1) is 20.8 Å². The SMILES string of the molecule is COC(=O)c1sc(N2C(=O)C(=O)/C(=C(/O)c3cc(C)ccc3C)C2c2ccc(N(C)C)cc2)nc1C. The maximum atomic E-state index is 13.4. The van der Waals surface area contributed by atoms with E-state index in [1.165, 1.54) is 12.0 Å². The van der Waals surface area contributed by atoms with E-state index in [4.69, 9.17) is 4.74 Å². The van der Waals surface area contributed by atoms with Crippen molar-refractivity contribution in [2.45, 2.75) is 26.8 Å². The lowest BCUT2D eigenvalue weighted by Gasteiger charge is -2.24. The average Bonchev–Trinajstić information content (AvgIpc) is 3.36. The van der Waals surface area contributed by atoms with Crippen LogP contribution < -0.4 is 9.80 Å². The fraction of sp³-hybridized carbons (Fsp3) is 0.259. The number of hydrogen-bond donors (Lipinski definition) is 1. The first-order chi connectivity index (χ1) is 17.0. The lowest BCUT2D eigenvalue weighted by Crippen LogP contribution is -2.29. The molecule has 1 N–H and O–H groups in total. The number of esters is 1. The summed E-state index contributed by atoms with van der Waals surface area (Å²) in [6.45, 7) is 5.36. The van der Waals surface area contributed by atoms with Crippen LogP contribution in [0.1, 0.15) is 43.7 Å². The zero-order valence-corrected chi connectivity index (χ0v) is 21.8. The Morgan fingerprint density at radius 2 is 1.75 bits per heavy atom. The minimum atomic E-state index is -0.933. The number of carbonyl (C=O) groups is 3. The van der Waals surface area contributed by atoms with Gasteiger partial charge in [0, 0.05) is 25.3 Å². The van der Waals surface area contributed by atoms with Gasteiger partial charge in [-0.3, -0.25) is 14.5 Å². The number of anilines is 2. The maximum Gasteiger partial charge on any atom is 0.350 e. The Balaban J connectivity index is 1.96. The van der Waals surface area contributed by atoms with Crippen molar-refractivity contribution in [1.82, 2.24) is 4.98 Å². The Bertz CT molecular complexity index is 1410. The third-order valence-electron chi connectivity index (χ3n) is 6.18. The van der Waals surface area contributed by atoms with Crippen LogP contribution in [0.2, 0.25) is 0 Å². The van der Waals surface area contributed by atoms with Gasteiger partial charge < -0.3 is 14.7 Å². The molecule has 0 saturated carbocycles. The number of ketones is 1. The number of rotatable bonds is 5. The van der Waals surface area contributed by atoms with Crippen LogP contribution in [0.15, 0.2) is 48.0 Å². The Morgan fingerprint density at radius 1 is 1.08 bits per heavy atom. The second-order valence-corrected chi connectivity index (χ2v) is 9.85. The molecule has 186 valence electrons. The molecular formula is C27H27N3O5S. The first-order valence-electron chi connectivity index (χ1n) is 11.3. The Hall–Kier alpha value is -3.98. The number of nitrogens with zero attached hydrogens (tertiary/aromatic N) is 3. The minimum absolute atomic E-state index is 0.0289. The van der Waals surface area contributed by atoms with Crippen LogP contribution >= 0.6 is 11.3 Å². The van der Waals surface area contributed by atoms with Crippen molar-refractivity contribution in [1.29, 1.82) is 0 Å². The van der Waals surface area contributed by atoms with Crippen molar-refractivity contribution in [3.05, 3.63) is 80.9 Å². The molecule has 1 aliphatic rings. The smallest absolute Gasteiger partial charge is 0.350 e. The third kappa shape index (κ3) is 4.26. The second-order valence-electron chi connectivity index (χ2n) is 8.88. The van der Waals surface area contributed by atoms with Gasteiger partial charge in [0.1, 0.15) is 10.6 Å². The molecule has 0 aliphatic carbocycles. The molecule has 1 atom stereocenters. The fourth-order valence-electron chi connectivity index (χ4n) is 4.20. The molecule has 1 aliphatic heterocycles. The first kappa shape index (κ1) is 25.1. The van der Waals surface area contributed by atoms with E-state index in [0.717, 1.165) is 28.2 Å². The highest BCUT2D eigenvalue weighted by molar-refractivity contribution is 7.17. The molecular weight excluding hydrogens is 478 g/mol. The Kier molecular flexibility index (Phi) is 6.69. The molecule has 1 fully saturated rings. The van der Waals surface area contributed by atoms with E-state index in [9.17, 15) is 19.5 Å². The normalized spacial score (nSPS) is 16.9. The average molecular weight is 506 g/mol. The number of aryl methyl sites for hydroxylation is 3. The first-order valence-corrected chi connectivity index (χ1v) is 12.1. The van der Waals surface area contributed by atoms with Crippen LogP contribution in [-0.4, -0.2) is 49.0 Å². The van der Waals surface area contributed by atoms with Gasteiger partial charge in [0.2, 0.25) is 0 Å². The summed E-state index contributed by atoms with van der Waals surface area (Å²) in [5.41, 5.74) is 4.07. The topological polar surface area (TPSA) is 100 Å². The number of amides is 1. The quantitative estimate of drug-likeness (QED) is 0.235. The summed E-state index contributed by atoms with van der Waals surface area (Å²) < 4.78 is 4.84. The highest BCUT2D eigenvalue weighted by atomic mass is 32.1. The van der Waals surface area contributed by atoms with E-state index in [2.05, 4.69) is 4.98 Å². The molecule has 2 aromatic carbocycles. The van der Waals surface area contributed by atoms with Gasteiger partial charge in [0.25, 0.3) is 5.78 Å². The summed E-state index contributed by atoms with van der Waals surface area (Å²) in [4.78, 5) is 46.9. The number of ether oxygens (including phenoxy) is 1. The molecule has 0 bridgehead atoms. The summed E-state index contributed by atoms with van der Waals surface area (Å²) in [6.07, 6.45) is 0. The van der Waals surface area contributed by atoms with Gasteiger partial charge in [0.05, 0.1) is 24.4 Å². The monoisotopic (exact) mass is 505 g/mol. The summed E-state index contributed by atoms with van der Waals surface area (Å²) in [7, 11) is 5.09. The fourth-order valence-corrected chi connectivity index (χ4v) is 5.22. The Labute approximate surface area is 213 Å². The van der Waals surface area contributed by atoms with Crippen molar-refractivity contribution in [2.24, 2.45) is 0 Å². The van der Waals surface area contributed by atoms with Crippen LogP contribution in [0.4, 0.5) is 10.8 Å². The van der Waals surface area contributed by atoms with E-state index in [0.29, 0.717) is 16.8 Å². The Morgan fingerprint density at radius 3 is 2.36 bits per heavy atom. The standard InChI is InChI=1S/C27H27N3O5S/c1-14-7-8-15(2)19(13-14)22(31)20-21(17-9-11-18(12-10-17)29(4)5)30(25(33)23(20)32)27-28-16(3)24(36-27)26(34)35-6/h7-13,21,31H,1-6H3/b22-20+. The highest BCUT2D eigenvalue weighted by Crippen LogP contribution is 2.44. The predicted molar refractivity (Wildman–Crippen MR) is 140 cm³/mol. The summed E-state index contributed by atoms with van der Waals surface area (Å²) >= 11 is 0.972. The van der Waals surface area contributed by atoms with Crippen molar-refractivity contribution < 1.29 is 24.2 Å². The maximum absolute atomic E-state index is 13.4. The summed E-state index contributed by atoms with van der Waals surface area (Å²) in [5, 5.41) is 11.6. The molecule has 9 heteroatoms. The minimum Gasteiger partial charge on any atom is -0.507 e. The molecule has 0 radical (unpaired) electrons. The van der Waals surface area contributed by atoms with Gasteiger partial charge in [-0.15, -0.1) is 0 Å². The van der Waals surface area contributed by atoms with Gasteiger partial charge in [-0.25, -0.2) is 9.78 Å². The van der Waals surface area contributed by atoms with Crippen LogP contribution in [0.3, 0.4) is 0 Å². The molecule has 0 spiro atoms. The molecule has 8 nitrogen and oxygen atoms in total. The van der Waals surface area contributed by atoms with Crippen molar-refractivity contribution >= 4 is 45.6 Å². The largest absolute Gasteiger partial charge is 0.507 e. The van der Waals surface area contributed by atoms with Gasteiger partial charge in [-0.1, -0.05) is 41.2 Å². The number of thiazole rings is 1. The zero-order chi connectivity index (χ0) is 26.3. The second kappa shape index (κ2) is 9.58.